The second kappa shape index (κ2) is 3.98. The highest BCUT2D eigenvalue weighted by Crippen LogP contribution is 2.21. The van der Waals surface area contributed by atoms with Crippen LogP contribution >= 0.6 is 11.6 Å². The molecule has 1 heterocycles. The minimum absolute atomic E-state index is 0.672. The van der Waals surface area contributed by atoms with Crippen LogP contribution in [0.15, 0.2) is 18.2 Å². The van der Waals surface area contributed by atoms with Crippen LogP contribution in [0.5, 0.6) is 0 Å². The van der Waals surface area contributed by atoms with E-state index in [0.717, 1.165) is 24.0 Å². The third-order valence-corrected chi connectivity index (χ3v) is 2.43. The van der Waals surface area contributed by atoms with Gasteiger partial charge in [0.1, 0.15) is 5.52 Å². The average Bonchev–Trinajstić information content (AvgIpc) is 2.60. The summed E-state index contributed by atoms with van der Waals surface area (Å²) in [7, 11) is 0. The summed E-state index contributed by atoms with van der Waals surface area (Å²) < 4.78 is 1.95. The SMILES string of the molecule is NCCCn1[c]nc2c(Cl)cccc21. The molecule has 0 saturated heterocycles. The van der Waals surface area contributed by atoms with Gasteiger partial charge in [0, 0.05) is 6.54 Å². The Morgan fingerprint density at radius 2 is 2.36 bits per heavy atom. The Bertz CT molecular complexity index is 436. The maximum absolute atomic E-state index is 5.98. The first-order valence-corrected chi connectivity index (χ1v) is 4.93. The molecule has 0 bridgehead atoms. The molecule has 2 N–H and O–H groups in total. The highest BCUT2D eigenvalue weighted by Gasteiger charge is 2.04. The molecule has 0 atom stereocenters. The van der Waals surface area contributed by atoms with Crippen molar-refractivity contribution in [3.8, 4) is 0 Å². The number of para-hydroxylation sites is 1. The van der Waals surface area contributed by atoms with E-state index in [0.29, 0.717) is 11.6 Å². The zero-order chi connectivity index (χ0) is 9.97. The van der Waals surface area contributed by atoms with Crippen LogP contribution in [0.3, 0.4) is 0 Å². The van der Waals surface area contributed by atoms with E-state index >= 15 is 0 Å². The molecular weight excluding hydrogens is 198 g/mol. The zero-order valence-electron chi connectivity index (χ0n) is 7.70. The van der Waals surface area contributed by atoms with Crippen LogP contribution in [0.4, 0.5) is 0 Å². The van der Waals surface area contributed by atoms with Gasteiger partial charge in [0.05, 0.1) is 10.5 Å². The molecule has 14 heavy (non-hydrogen) atoms. The summed E-state index contributed by atoms with van der Waals surface area (Å²) in [5, 5.41) is 0.672. The van der Waals surface area contributed by atoms with Crippen LogP contribution in [0.2, 0.25) is 5.02 Å². The van der Waals surface area contributed by atoms with Gasteiger partial charge in [-0.2, -0.15) is 0 Å². The molecule has 0 aliphatic heterocycles. The van der Waals surface area contributed by atoms with Crippen molar-refractivity contribution in [2.24, 2.45) is 5.73 Å². The number of nitrogens with zero attached hydrogens (tertiary/aromatic N) is 2. The van der Waals surface area contributed by atoms with Crippen molar-refractivity contribution < 1.29 is 0 Å². The van der Waals surface area contributed by atoms with E-state index in [1.54, 1.807) is 0 Å². The second-order valence-corrected chi connectivity index (χ2v) is 3.52. The zero-order valence-corrected chi connectivity index (χ0v) is 8.46. The largest absolute Gasteiger partial charge is 0.330 e. The van der Waals surface area contributed by atoms with E-state index in [-0.39, 0.29) is 0 Å². The quantitative estimate of drug-likeness (QED) is 0.837. The Balaban J connectivity index is 2.42. The number of hydrogen-bond donors (Lipinski definition) is 1. The lowest BCUT2D eigenvalue weighted by Gasteiger charge is -2.01. The number of benzene rings is 1. The average molecular weight is 209 g/mol. The van der Waals surface area contributed by atoms with E-state index in [2.05, 4.69) is 11.3 Å². The van der Waals surface area contributed by atoms with Gasteiger partial charge >= 0.3 is 0 Å². The van der Waals surface area contributed by atoms with Crippen LogP contribution in [0.1, 0.15) is 6.42 Å². The van der Waals surface area contributed by atoms with Crippen molar-refractivity contribution in [1.82, 2.24) is 9.55 Å². The van der Waals surface area contributed by atoms with Crippen molar-refractivity contribution in [3.63, 3.8) is 0 Å². The fourth-order valence-electron chi connectivity index (χ4n) is 1.42. The van der Waals surface area contributed by atoms with E-state index in [1.807, 2.05) is 22.8 Å². The minimum atomic E-state index is 0.672. The number of aromatic nitrogens is 2. The van der Waals surface area contributed by atoms with E-state index in [9.17, 15) is 0 Å². The third kappa shape index (κ3) is 1.61. The first-order valence-electron chi connectivity index (χ1n) is 4.55. The lowest BCUT2D eigenvalue weighted by atomic mass is 10.3. The normalized spacial score (nSPS) is 11.0. The maximum Gasteiger partial charge on any atom is 0.177 e. The van der Waals surface area contributed by atoms with Gasteiger partial charge in [0.25, 0.3) is 0 Å². The van der Waals surface area contributed by atoms with Gasteiger partial charge in [-0.05, 0) is 25.1 Å². The van der Waals surface area contributed by atoms with Gasteiger partial charge in [-0.3, -0.25) is 0 Å². The number of rotatable bonds is 3. The Hall–Kier alpha value is -1.06. The molecule has 73 valence electrons. The van der Waals surface area contributed by atoms with Crippen LogP contribution in [0, 0.1) is 6.33 Å². The Labute approximate surface area is 87.5 Å². The van der Waals surface area contributed by atoms with Crippen molar-refractivity contribution in [2.75, 3.05) is 6.54 Å². The first-order chi connectivity index (χ1) is 6.83. The van der Waals surface area contributed by atoms with Crippen molar-refractivity contribution in [2.45, 2.75) is 13.0 Å². The van der Waals surface area contributed by atoms with Crippen LogP contribution in [0.25, 0.3) is 11.0 Å². The molecule has 0 fully saturated rings. The summed E-state index contributed by atoms with van der Waals surface area (Å²) in [4.78, 5) is 4.14. The topological polar surface area (TPSA) is 43.8 Å². The summed E-state index contributed by atoms with van der Waals surface area (Å²) >= 11 is 5.98. The van der Waals surface area contributed by atoms with E-state index in [4.69, 9.17) is 17.3 Å². The first kappa shape index (κ1) is 9.49. The second-order valence-electron chi connectivity index (χ2n) is 3.11. The number of nitrogens with two attached hydrogens (primary N) is 1. The van der Waals surface area contributed by atoms with Crippen LogP contribution in [-0.2, 0) is 6.54 Å². The molecule has 1 radical (unpaired) electrons. The van der Waals surface area contributed by atoms with E-state index in [1.165, 1.54) is 0 Å². The molecule has 0 aliphatic rings. The molecule has 1 aromatic heterocycles. The molecule has 0 aliphatic carbocycles. The summed E-state index contributed by atoms with van der Waals surface area (Å²) in [6.07, 6.45) is 3.84. The lowest BCUT2D eigenvalue weighted by Crippen LogP contribution is -2.04. The Morgan fingerprint density at radius 3 is 3.14 bits per heavy atom. The number of imidazole rings is 1. The van der Waals surface area contributed by atoms with Gasteiger partial charge in [-0.1, -0.05) is 17.7 Å². The standard InChI is InChI=1S/C10H11ClN3/c11-8-3-1-4-9-10(8)13-7-14(9)6-2-5-12/h1,3-4H,2,5-6,12H2. The summed E-state index contributed by atoms with van der Waals surface area (Å²) in [5.41, 5.74) is 7.28. The molecule has 0 amide bonds. The molecule has 4 heteroatoms. The number of aryl methyl sites for hydroxylation is 1. The van der Waals surface area contributed by atoms with E-state index < -0.39 is 0 Å². The third-order valence-electron chi connectivity index (χ3n) is 2.12. The smallest absolute Gasteiger partial charge is 0.177 e. The molecule has 0 unspecified atom stereocenters. The predicted molar refractivity (Wildman–Crippen MR) is 57.3 cm³/mol. The molecule has 0 spiro atoms. The van der Waals surface area contributed by atoms with Gasteiger partial charge in [-0.15, -0.1) is 0 Å². The molecule has 2 aromatic rings. The lowest BCUT2D eigenvalue weighted by molar-refractivity contribution is 0.662. The molecule has 3 nitrogen and oxygen atoms in total. The Morgan fingerprint density at radius 1 is 1.50 bits per heavy atom. The van der Waals surface area contributed by atoms with Crippen molar-refractivity contribution in [1.29, 1.82) is 0 Å². The highest BCUT2D eigenvalue weighted by molar-refractivity contribution is 6.34. The minimum Gasteiger partial charge on any atom is -0.330 e. The summed E-state index contributed by atoms with van der Waals surface area (Å²) in [6.45, 7) is 1.52. The number of fused-ring (bicyclic) bond motifs is 1. The number of halogens is 1. The molecular formula is C10H11ClN3. The van der Waals surface area contributed by atoms with Gasteiger partial charge in [0.15, 0.2) is 6.33 Å². The fourth-order valence-corrected chi connectivity index (χ4v) is 1.63. The van der Waals surface area contributed by atoms with Crippen LogP contribution < -0.4 is 5.73 Å². The maximum atomic E-state index is 5.98. The van der Waals surface area contributed by atoms with Gasteiger partial charge in [0.2, 0.25) is 0 Å². The fraction of sp³-hybridized carbons (Fsp3) is 0.300. The van der Waals surface area contributed by atoms with Crippen LogP contribution in [-0.4, -0.2) is 16.1 Å². The van der Waals surface area contributed by atoms with Gasteiger partial charge < -0.3 is 10.3 Å². The molecule has 1 aromatic carbocycles. The van der Waals surface area contributed by atoms with Crippen molar-refractivity contribution >= 4 is 22.6 Å². The monoisotopic (exact) mass is 208 g/mol. The summed E-state index contributed by atoms with van der Waals surface area (Å²) in [5.74, 6) is 0. The van der Waals surface area contributed by atoms with Gasteiger partial charge in [-0.25, -0.2) is 4.98 Å². The highest BCUT2D eigenvalue weighted by atomic mass is 35.5. The molecule has 2 rings (SSSR count). The Kier molecular flexibility index (Phi) is 2.70. The van der Waals surface area contributed by atoms with Crippen molar-refractivity contribution in [3.05, 3.63) is 29.5 Å². The summed E-state index contributed by atoms with van der Waals surface area (Å²) in [6, 6.07) is 5.73. The number of hydrogen-bond acceptors (Lipinski definition) is 2. The predicted octanol–water partition coefficient (Wildman–Crippen LogP) is 1.84. The molecule has 0 saturated carbocycles.